The first-order chi connectivity index (χ1) is 13.8. The van der Waals surface area contributed by atoms with Crippen LogP contribution in [0.3, 0.4) is 0 Å². The van der Waals surface area contributed by atoms with E-state index in [9.17, 15) is 0 Å². The largest absolute Gasteiger partial charge is 0.299 e. The molecule has 0 aliphatic carbocycles. The van der Waals surface area contributed by atoms with Gasteiger partial charge in [0.1, 0.15) is 0 Å². The lowest BCUT2D eigenvalue weighted by molar-refractivity contribution is 0.257. The van der Waals surface area contributed by atoms with Crippen molar-refractivity contribution >= 4 is 11.3 Å². The molecule has 3 aromatic rings. The number of hydrogen-bond acceptors (Lipinski definition) is 4. The average molecular weight is 406 g/mol. The van der Waals surface area contributed by atoms with E-state index in [1.807, 2.05) is 0 Å². The van der Waals surface area contributed by atoms with Gasteiger partial charge in [0.15, 0.2) is 0 Å². The normalized spacial score (nSPS) is 16.4. The van der Waals surface area contributed by atoms with Crippen molar-refractivity contribution in [1.82, 2.24) is 14.9 Å². The van der Waals surface area contributed by atoms with Gasteiger partial charge in [0.05, 0.1) is 10.7 Å². The van der Waals surface area contributed by atoms with Crippen LogP contribution in [-0.2, 0) is 18.4 Å². The highest BCUT2D eigenvalue weighted by atomic mass is 32.1. The Hall–Kier alpha value is -2.04. The summed E-state index contributed by atoms with van der Waals surface area (Å²) in [6.45, 7) is 14.2. The zero-order valence-corrected chi connectivity index (χ0v) is 19.1. The number of aryl methyl sites for hydroxylation is 3. The highest BCUT2D eigenvalue weighted by Crippen LogP contribution is 2.36. The summed E-state index contributed by atoms with van der Waals surface area (Å²) < 4.78 is 0. The summed E-state index contributed by atoms with van der Waals surface area (Å²) in [6, 6.07) is 11.5. The first-order valence-electron chi connectivity index (χ1n) is 10.5. The monoisotopic (exact) mass is 405 g/mol. The fourth-order valence-electron chi connectivity index (χ4n) is 4.44. The zero-order chi connectivity index (χ0) is 20.6. The van der Waals surface area contributed by atoms with Crippen LogP contribution in [0.5, 0.6) is 0 Å². The molecule has 2 aromatic heterocycles. The van der Waals surface area contributed by atoms with Crippen molar-refractivity contribution in [3.05, 3.63) is 68.9 Å². The molecule has 3 heterocycles. The summed E-state index contributed by atoms with van der Waals surface area (Å²) in [5, 5.41) is 3.37. The number of thiazole rings is 1. The van der Waals surface area contributed by atoms with Gasteiger partial charge in [0.2, 0.25) is 0 Å². The van der Waals surface area contributed by atoms with E-state index in [0.29, 0.717) is 0 Å². The van der Waals surface area contributed by atoms with Crippen LogP contribution in [0.15, 0.2) is 35.7 Å². The predicted molar refractivity (Wildman–Crippen MR) is 123 cm³/mol. The Kier molecular flexibility index (Phi) is 5.58. The second kappa shape index (κ2) is 8.00. The zero-order valence-electron chi connectivity index (χ0n) is 18.2. The Labute approximate surface area is 178 Å². The Balaban J connectivity index is 1.62. The molecule has 0 saturated carbocycles. The van der Waals surface area contributed by atoms with Gasteiger partial charge in [-0.05, 0) is 79.6 Å². The number of hydrogen-bond donors (Lipinski definition) is 0. The summed E-state index contributed by atoms with van der Waals surface area (Å²) in [5.41, 5.74) is 9.11. The number of rotatable bonds is 4. The van der Waals surface area contributed by atoms with Crippen LogP contribution < -0.4 is 0 Å². The molecule has 29 heavy (non-hydrogen) atoms. The summed E-state index contributed by atoms with van der Waals surface area (Å²) in [5.74, 6) is 0. The molecule has 0 fully saturated rings. The smallest absolute Gasteiger partial charge is 0.0897 e. The third-order valence-electron chi connectivity index (χ3n) is 6.05. The maximum absolute atomic E-state index is 4.65. The molecule has 3 nitrogen and oxygen atoms in total. The number of aromatic nitrogens is 2. The minimum atomic E-state index is 0.198. The molecule has 0 spiro atoms. The Bertz CT molecular complexity index is 998. The molecular formula is C25H31N3S. The lowest BCUT2D eigenvalue weighted by Gasteiger charge is -2.25. The first kappa shape index (κ1) is 20.2. The van der Waals surface area contributed by atoms with Crippen LogP contribution in [0.25, 0.3) is 11.1 Å². The van der Waals surface area contributed by atoms with Crippen molar-refractivity contribution in [3.8, 4) is 11.1 Å². The Morgan fingerprint density at radius 3 is 2.45 bits per heavy atom. The fraction of sp³-hybridized carbons (Fsp3) is 0.440. The number of nitrogens with zero attached hydrogens (tertiary/aromatic N) is 3. The SMILES string of the molecule is Cc1cc(-c2ccc3c(c2)CN(CCc2csc(C)n2)CCC3(C)C)cc(C)n1. The Morgan fingerprint density at radius 2 is 1.76 bits per heavy atom. The molecular weight excluding hydrogens is 374 g/mol. The van der Waals surface area contributed by atoms with Gasteiger partial charge in [-0.1, -0.05) is 26.0 Å². The topological polar surface area (TPSA) is 29.0 Å². The van der Waals surface area contributed by atoms with Gasteiger partial charge < -0.3 is 0 Å². The van der Waals surface area contributed by atoms with Crippen molar-refractivity contribution in [2.24, 2.45) is 0 Å². The quantitative estimate of drug-likeness (QED) is 0.545. The molecule has 0 unspecified atom stereocenters. The lowest BCUT2D eigenvalue weighted by atomic mass is 9.79. The van der Waals surface area contributed by atoms with E-state index in [2.05, 4.69) is 85.2 Å². The third-order valence-corrected chi connectivity index (χ3v) is 6.87. The van der Waals surface area contributed by atoms with E-state index in [0.717, 1.165) is 42.5 Å². The summed E-state index contributed by atoms with van der Waals surface area (Å²) in [7, 11) is 0. The van der Waals surface area contributed by atoms with E-state index in [1.54, 1.807) is 11.3 Å². The molecule has 0 saturated heterocycles. The van der Waals surface area contributed by atoms with Crippen molar-refractivity contribution in [2.45, 2.75) is 59.4 Å². The van der Waals surface area contributed by atoms with Crippen LogP contribution in [-0.4, -0.2) is 28.0 Å². The van der Waals surface area contributed by atoms with Crippen LogP contribution >= 0.6 is 11.3 Å². The summed E-state index contributed by atoms with van der Waals surface area (Å²) in [6.07, 6.45) is 2.21. The molecule has 1 aromatic carbocycles. The predicted octanol–water partition coefficient (Wildman–Crippen LogP) is 5.86. The van der Waals surface area contributed by atoms with E-state index in [4.69, 9.17) is 0 Å². The third kappa shape index (κ3) is 4.59. The van der Waals surface area contributed by atoms with Crippen LogP contribution in [0, 0.1) is 20.8 Å². The van der Waals surface area contributed by atoms with Gasteiger partial charge in [-0.25, -0.2) is 4.98 Å². The van der Waals surface area contributed by atoms with Crippen molar-refractivity contribution < 1.29 is 0 Å². The molecule has 4 rings (SSSR count). The number of pyridine rings is 1. The van der Waals surface area contributed by atoms with Crippen LogP contribution in [0.1, 0.15) is 53.5 Å². The van der Waals surface area contributed by atoms with Crippen LogP contribution in [0.4, 0.5) is 0 Å². The van der Waals surface area contributed by atoms with E-state index >= 15 is 0 Å². The molecule has 1 aliphatic heterocycles. The molecule has 0 radical (unpaired) electrons. The van der Waals surface area contributed by atoms with Crippen molar-refractivity contribution in [3.63, 3.8) is 0 Å². The fourth-order valence-corrected chi connectivity index (χ4v) is 5.09. The van der Waals surface area contributed by atoms with E-state index in [-0.39, 0.29) is 5.41 Å². The molecule has 152 valence electrons. The Morgan fingerprint density at radius 1 is 1.00 bits per heavy atom. The number of fused-ring (bicyclic) bond motifs is 1. The van der Waals surface area contributed by atoms with Gasteiger partial charge in [-0.2, -0.15) is 0 Å². The van der Waals surface area contributed by atoms with Crippen LogP contribution in [0.2, 0.25) is 0 Å². The minimum absolute atomic E-state index is 0.198. The van der Waals surface area contributed by atoms with Crippen molar-refractivity contribution in [1.29, 1.82) is 0 Å². The second-order valence-corrected chi connectivity index (χ2v) is 10.1. The highest BCUT2D eigenvalue weighted by molar-refractivity contribution is 7.09. The minimum Gasteiger partial charge on any atom is -0.299 e. The molecule has 0 bridgehead atoms. The van der Waals surface area contributed by atoms with E-state index < -0.39 is 0 Å². The van der Waals surface area contributed by atoms with Gasteiger partial charge in [-0.3, -0.25) is 9.88 Å². The maximum atomic E-state index is 4.65. The summed E-state index contributed by atoms with van der Waals surface area (Å²) in [4.78, 5) is 11.8. The standard InChI is InChI=1S/C25H31N3S/c1-17-12-21(13-18(2)26-17)20-6-7-24-22(14-20)15-28(11-9-25(24,4)5)10-8-23-16-29-19(3)27-23/h6-7,12-14,16H,8-11,15H2,1-5H3. The molecule has 1 aliphatic rings. The second-order valence-electron chi connectivity index (χ2n) is 9.03. The van der Waals surface area contributed by atoms with Gasteiger partial charge in [0, 0.05) is 36.3 Å². The maximum Gasteiger partial charge on any atom is 0.0897 e. The summed E-state index contributed by atoms with van der Waals surface area (Å²) >= 11 is 1.75. The molecule has 0 N–H and O–H groups in total. The number of benzene rings is 1. The lowest BCUT2D eigenvalue weighted by Crippen LogP contribution is -2.27. The van der Waals surface area contributed by atoms with Gasteiger partial charge >= 0.3 is 0 Å². The average Bonchev–Trinajstić information content (AvgIpc) is 3.02. The van der Waals surface area contributed by atoms with Gasteiger partial charge in [-0.15, -0.1) is 11.3 Å². The highest BCUT2D eigenvalue weighted by Gasteiger charge is 2.28. The van der Waals surface area contributed by atoms with Crippen molar-refractivity contribution in [2.75, 3.05) is 13.1 Å². The van der Waals surface area contributed by atoms with E-state index in [1.165, 1.54) is 34.4 Å². The van der Waals surface area contributed by atoms with Gasteiger partial charge in [0.25, 0.3) is 0 Å². The molecule has 4 heteroatoms. The molecule has 0 atom stereocenters. The molecule has 0 amide bonds. The first-order valence-corrected chi connectivity index (χ1v) is 11.4.